The Morgan fingerprint density at radius 2 is 1.96 bits per heavy atom. The number of likely N-dealkylation sites (N-methyl/N-ethyl adjacent to an activating group) is 1. The van der Waals surface area contributed by atoms with E-state index in [2.05, 4.69) is 44.0 Å². The third-order valence-corrected chi connectivity index (χ3v) is 7.36. The molecule has 0 N–H and O–H groups in total. The third-order valence-electron chi connectivity index (χ3n) is 5.81. The van der Waals surface area contributed by atoms with Crippen LogP contribution in [0.2, 0.25) is 0 Å². The molecule has 0 atom stereocenters. The molecular formula is C19H26N4OS2. The minimum atomic E-state index is -0.325. The summed E-state index contributed by atoms with van der Waals surface area (Å²) < 4.78 is 0. The summed E-state index contributed by atoms with van der Waals surface area (Å²) >= 11 is 3.41. The Morgan fingerprint density at radius 1 is 1.15 bits per heavy atom. The van der Waals surface area contributed by atoms with Gasteiger partial charge in [0.15, 0.2) is 0 Å². The number of carbonyl (C=O) groups is 1. The average Bonchev–Trinajstić information content (AvgIpc) is 3.29. The molecule has 0 unspecified atom stereocenters. The van der Waals surface area contributed by atoms with E-state index in [1.165, 1.54) is 5.56 Å². The van der Waals surface area contributed by atoms with E-state index in [1.54, 1.807) is 22.7 Å². The van der Waals surface area contributed by atoms with Gasteiger partial charge < -0.3 is 4.90 Å². The summed E-state index contributed by atoms with van der Waals surface area (Å²) in [6.07, 6.45) is 1.83. The Kier molecular flexibility index (Phi) is 5.14. The molecular weight excluding hydrogens is 364 g/mol. The SMILES string of the molecule is Cc1nc(CN2CCN(C)C3(CCN(Cc4ccsc4)CC3)C2=O)cs1. The Bertz CT molecular complexity index is 749. The van der Waals surface area contributed by atoms with Gasteiger partial charge in [-0.3, -0.25) is 14.6 Å². The zero-order valence-electron chi connectivity index (χ0n) is 15.5. The van der Waals surface area contributed by atoms with Crippen LogP contribution in [-0.2, 0) is 17.9 Å². The highest BCUT2D eigenvalue weighted by atomic mass is 32.1. The van der Waals surface area contributed by atoms with Crippen molar-refractivity contribution in [3.05, 3.63) is 38.5 Å². The first-order chi connectivity index (χ1) is 12.6. The highest BCUT2D eigenvalue weighted by molar-refractivity contribution is 7.09. The second kappa shape index (κ2) is 7.38. The van der Waals surface area contributed by atoms with Gasteiger partial charge in [-0.05, 0) is 49.2 Å². The molecule has 2 aromatic rings. The predicted octanol–water partition coefficient (Wildman–Crippen LogP) is 2.82. The molecule has 2 aliphatic rings. The van der Waals surface area contributed by atoms with Crippen molar-refractivity contribution in [2.75, 3.05) is 33.2 Å². The molecule has 0 bridgehead atoms. The number of thiazole rings is 1. The lowest BCUT2D eigenvalue weighted by molar-refractivity contribution is -0.155. The largest absolute Gasteiger partial charge is 0.334 e. The zero-order chi connectivity index (χ0) is 18.1. The molecule has 2 saturated heterocycles. The number of hydrogen-bond acceptors (Lipinski definition) is 6. The summed E-state index contributed by atoms with van der Waals surface area (Å²) in [7, 11) is 2.12. The second-order valence-electron chi connectivity index (χ2n) is 7.45. The van der Waals surface area contributed by atoms with E-state index in [0.29, 0.717) is 12.5 Å². The molecule has 26 heavy (non-hydrogen) atoms. The van der Waals surface area contributed by atoms with E-state index in [-0.39, 0.29) is 5.54 Å². The van der Waals surface area contributed by atoms with Crippen molar-refractivity contribution in [3.8, 4) is 0 Å². The van der Waals surface area contributed by atoms with E-state index >= 15 is 0 Å². The van der Waals surface area contributed by atoms with Crippen molar-refractivity contribution in [1.82, 2.24) is 19.7 Å². The molecule has 0 aromatic carbocycles. The molecule has 2 aromatic heterocycles. The van der Waals surface area contributed by atoms with Crippen molar-refractivity contribution >= 4 is 28.6 Å². The number of amides is 1. The maximum absolute atomic E-state index is 13.4. The van der Waals surface area contributed by atoms with E-state index in [9.17, 15) is 4.79 Å². The number of thiophene rings is 1. The summed E-state index contributed by atoms with van der Waals surface area (Å²) in [5.74, 6) is 0.298. The molecule has 5 nitrogen and oxygen atoms in total. The molecule has 1 spiro atoms. The second-order valence-corrected chi connectivity index (χ2v) is 9.29. The van der Waals surface area contributed by atoms with Crippen molar-refractivity contribution in [3.63, 3.8) is 0 Å². The summed E-state index contributed by atoms with van der Waals surface area (Å²) in [6, 6.07) is 2.20. The number of carbonyl (C=O) groups excluding carboxylic acids is 1. The van der Waals surface area contributed by atoms with E-state index in [4.69, 9.17) is 0 Å². The van der Waals surface area contributed by atoms with Crippen molar-refractivity contribution in [2.45, 2.75) is 38.4 Å². The Morgan fingerprint density at radius 3 is 2.62 bits per heavy atom. The summed E-state index contributed by atoms with van der Waals surface area (Å²) in [5.41, 5.74) is 2.08. The number of aryl methyl sites for hydroxylation is 1. The van der Waals surface area contributed by atoms with Crippen LogP contribution in [0.15, 0.2) is 22.2 Å². The van der Waals surface area contributed by atoms with Crippen molar-refractivity contribution in [2.24, 2.45) is 0 Å². The van der Waals surface area contributed by atoms with Crippen LogP contribution in [0.4, 0.5) is 0 Å². The van der Waals surface area contributed by atoms with Gasteiger partial charge in [-0.2, -0.15) is 11.3 Å². The number of rotatable bonds is 4. The fourth-order valence-corrected chi connectivity index (χ4v) is 5.45. The minimum absolute atomic E-state index is 0.298. The zero-order valence-corrected chi connectivity index (χ0v) is 17.1. The lowest BCUT2D eigenvalue weighted by Crippen LogP contribution is -2.67. The van der Waals surface area contributed by atoms with Crippen LogP contribution in [0.5, 0.6) is 0 Å². The maximum Gasteiger partial charge on any atom is 0.243 e. The lowest BCUT2D eigenvalue weighted by atomic mass is 9.82. The van der Waals surface area contributed by atoms with Crippen LogP contribution >= 0.6 is 22.7 Å². The topological polar surface area (TPSA) is 39.7 Å². The smallest absolute Gasteiger partial charge is 0.243 e. The Labute approximate surface area is 163 Å². The number of aromatic nitrogens is 1. The summed E-state index contributed by atoms with van der Waals surface area (Å²) in [4.78, 5) is 24.8. The first-order valence-corrected chi connectivity index (χ1v) is 11.0. The number of hydrogen-bond donors (Lipinski definition) is 0. The summed E-state index contributed by atoms with van der Waals surface area (Å²) in [5, 5.41) is 7.51. The van der Waals surface area contributed by atoms with E-state index < -0.39 is 0 Å². The lowest BCUT2D eigenvalue weighted by Gasteiger charge is -2.51. The van der Waals surface area contributed by atoms with Crippen LogP contribution in [0.1, 0.15) is 29.1 Å². The normalized spacial score (nSPS) is 21.6. The molecule has 4 rings (SSSR count). The molecule has 0 radical (unpaired) electrons. The van der Waals surface area contributed by atoms with Gasteiger partial charge >= 0.3 is 0 Å². The molecule has 0 aliphatic carbocycles. The van der Waals surface area contributed by atoms with Gasteiger partial charge in [0.25, 0.3) is 0 Å². The van der Waals surface area contributed by atoms with Crippen LogP contribution in [0.25, 0.3) is 0 Å². The van der Waals surface area contributed by atoms with Crippen molar-refractivity contribution in [1.29, 1.82) is 0 Å². The monoisotopic (exact) mass is 390 g/mol. The Balaban J connectivity index is 1.43. The molecule has 2 aliphatic heterocycles. The van der Waals surface area contributed by atoms with Crippen molar-refractivity contribution < 1.29 is 4.79 Å². The Hall–Kier alpha value is -1.28. The number of piperazine rings is 1. The molecule has 4 heterocycles. The van der Waals surface area contributed by atoms with E-state index in [0.717, 1.165) is 56.3 Å². The maximum atomic E-state index is 13.4. The van der Waals surface area contributed by atoms with Gasteiger partial charge in [-0.25, -0.2) is 4.98 Å². The van der Waals surface area contributed by atoms with Crippen LogP contribution in [0.3, 0.4) is 0 Å². The van der Waals surface area contributed by atoms with Crippen LogP contribution in [0, 0.1) is 6.92 Å². The van der Waals surface area contributed by atoms with Gasteiger partial charge in [0, 0.05) is 38.1 Å². The fraction of sp³-hybridized carbons (Fsp3) is 0.579. The molecule has 2 fully saturated rings. The highest BCUT2D eigenvalue weighted by Gasteiger charge is 2.49. The first-order valence-electron chi connectivity index (χ1n) is 9.22. The number of piperidine rings is 1. The van der Waals surface area contributed by atoms with Gasteiger partial charge in [-0.1, -0.05) is 0 Å². The minimum Gasteiger partial charge on any atom is -0.334 e. The van der Waals surface area contributed by atoms with Crippen LogP contribution < -0.4 is 0 Å². The molecule has 0 saturated carbocycles. The highest BCUT2D eigenvalue weighted by Crippen LogP contribution is 2.34. The molecule has 1 amide bonds. The third kappa shape index (κ3) is 3.45. The standard InChI is InChI=1S/C19H26N4OS2/c1-15-20-17(14-26-15)12-23-9-8-21(2)19(18(23)24)4-6-22(7-5-19)11-16-3-10-25-13-16/h3,10,13-14H,4-9,11-12H2,1-2H3. The predicted molar refractivity (Wildman–Crippen MR) is 106 cm³/mol. The quantitative estimate of drug-likeness (QED) is 0.805. The van der Waals surface area contributed by atoms with Gasteiger partial charge in [-0.15, -0.1) is 11.3 Å². The van der Waals surface area contributed by atoms with Gasteiger partial charge in [0.2, 0.25) is 5.91 Å². The molecule has 140 valence electrons. The average molecular weight is 391 g/mol. The van der Waals surface area contributed by atoms with Crippen LogP contribution in [-0.4, -0.2) is 64.4 Å². The van der Waals surface area contributed by atoms with Gasteiger partial charge in [0.1, 0.15) is 5.54 Å². The fourth-order valence-electron chi connectivity index (χ4n) is 4.19. The first kappa shape index (κ1) is 18.1. The number of likely N-dealkylation sites (tertiary alicyclic amines) is 1. The summed E-state index contributed by atoms with van der Waals surface area (Å²) in [6.45, 7) is 7.37. The van der Waals surface area contributed by atoms with E-state index in [1.807, 2.05) is 11.8 Å². The van der Waals surface area contributed by atoms with Gasteiger partial charge in [0.05, 0.1) is 17.2 Å². The number of nitrogens with zero attached hydrogens (tertiary/aromatic N) is 4. The molecule has 7 heteroatoms.